The topological polar surface area (TPSA) is 63.6 Å². The van der Waals surface area contributed by atoms with E-state index in [2.05, 4.69) is 10.1 Å². The molecule has 0 aliphatic carbocycles. The largest absolute Gasteiger partial charge is 0.356 e. The van der Waals surface area contributed by atoms with Crippen LogP contribution in [-0.2, 0) is 0 Å². The summed E-state index contributed by atoms with van der Waals surface area (Å²) in [6.07, 6.45) is 7.10. The molecule has 0 bridgehead atoms. The maximum absolute atomic E-state index is 12.7. The van der Waals surface area contributed by atoms with Crippen LogP contribution in [0.5, 0.6) is 0 Å². The summed E-state index contributed by atoms with van der Waals surface area (Å²) < 4.78 is 7.51. The molecule has 0 unspecified atom stereocenters. The average Bonchev–Trinajstić information content (AvgIpc) is 3.31. The lowest BCUT2D eigenvalue weighted by atomic mass is 10.1. The highest BCUT2D eigenvalue weighted by atomic mass is 16.5. The Morgan fingerprint density at radius 1 is 1.08 bits per heavy atom. The molecule has 1 aliphatic heterocycles. The van der Waals surface area contributed by atoms with Crippen LogP contribution in [0.25, 0.3) is 28.0 Å². The van der Waals surface area contributed by atoms with E-state index in [4.69, 9.17) is 4.52 Å². The highest BCUT2D eigenvalue weighted by molar-refractivity contribution is 6.00. The zero-order chi connectivity index (χ0) is 17.5. The molecule has 0 spiro atoms. The van der Waals surface area contributed by atoms with Crippen LogP contribution >= 0.6 is 0 Å². The number of fused-ring (bicyclic) bond motifs is 2. The highest BCUT2D eigenvalue weighted by Gasteiger charge is 2.20. The van der Waals surface area contributed by atoms with E-state index in [9.17, 15) is 4.79 Å². The molecule has 0 atom stereocenters. The Morgan fingerprint density at radius 3 is 2.85 bits per heavy atom. The first-order valence-electron chi connectivity index (χ1n) is 8.92. The molecule has 6 heteroatoms. The quantitative estimate of drug-likeness (QED) is 0.554. The van der Waals surface area contributed by atoms with Crippen molar-refractivity contribution in [2.75, 3.05) is 13.1 Å². The van der Waals surface area contributed by atoms with Crippen LogP contribution in [0.2, 0.25) is 0 Å². The molecule has 6 nitrogen and oxygen atoms in total. The number of piperidine rings is 1. The Morgan fingerprint density at radius 2 is 1.96 bits per heavy atom. The van der Waals surface area contributed by atoms with Gasteiger partial charge in [0.05, 0.1) is 17.3 Å². The van der Waals surface area contributed by atoms with Gasteiger partial charge in [0, 0.05) is 24.8 Å². The van der Waals surface area contributed by atoms with Crippen LogP contribution < -0.4 is 0 Å². The van der Waals surface area contributed by atoms with Gasteiger partial charge in [0.2, 0.25) is 0 Å². The molecule has 3 aromatic heterocycles. The van der Waals surface area contributed by atoms with Crippen LogP contribution in [0.4, 0.5) is 0 Å². The van der Waals surface area contributed by atoms with Crippen molar-refractivity contribution in [2.45, 2.75) is 19.3 Å². The Balaban J connectivity index is 1.55. The van der Waals surface area contributed by atoms with Gasteiger partial charge >= 0.3 is 0 Å². The van der Waals surface area contributed by atoms with Gasteiger partial charge in [0.25, 0.3) is 5.91 Å². The van der Waals surface area contributed by atoms with Crippen LogP contribution in [0.1, 0.15) is 29.6 Å². The van der Waals surface area contributed by atoms with Gasteiger partial charge in [-0.25, -0.2) is 4.98 Å². The number of hydrogen-bond donors (Lipinski definition) is 0. The van der Waals surface area contributed by atoms with Gasteiger partial charge < -0.3 is 9.42 Å². The molecule has 0 N–H and O–H groups in total. The summed E-state index contributed by atoms with van der Waals surface area (Å²) in [6, 6.07) is 11.4. The molecule has 1 aliphatic rings. The van der Waals surface area contributed by atoms with E-state index in [0.29, 0.717) is 11.1 Å². The Kier molecular flexibility index (Phi) is 3.48. The maximum Gasteiger partial charge on any atom is 0.253 e. The van der Waals surface area contributed by atoms with Gasteiger partial charge in [-0.05, 0) is 49.6 Å². The third-order valence-electron chi connectivity index (χ3n) is 5.02. The lowest BCUT2D eigenvalue weighted by Gasteiger charge is -2.26. The van der Waals surface area contributed by atoms with Crippen molar-refractivity contribution < 1.29 is 9.32 Å². The monoisotopic (exact) mass is 346 g/mol. The predicted molar refractivity (Wildman–Crippen MR) is 97.9 cm³/mol. The second-order valence-corrected chi connectivity index (χ2v) is 6.67. The number of amides is 1. The number of imidazole rings is 1. The fraction of sp³-hybridized carbons (Fsp3) is 0.250. The standard InChI is InChI=1S/C20H18N4O2/c25-20(23-9-3-1-4-10-23)14-7-8-15-17(12-14)26-22-19(15)16-13-21-18-6-2-5-11-24(16)18/h2,5-8,11-13H,1,3-4,9-10H2. The van der Waals surface area contributed by atoms with E-state index in [1.165, 1.54) is 6.42 Å². The minimum Gasteiger partial charge on any atom is -0.356 e. The van der Waals surface area contributed by atoms with Crippen molar-refractivity contribution in [1.29, 1.82) is 0 Å². The Bertz CT molecular complexity index is 1110. The van der Waals surface area contributed by atoms with Crippen LogP contribution in [0, 0.1) is 0 Å². The summed E-state index contributed by atoms with van der Waals surface area (Å²) in [4.78, 5) is 19.0. The zero-order valence-electron chi connectivity index (χ0n) is 14.3. The number of likely N-dealkylation sites (tertiary alicyclic amines) is 1. The van der Waals surface area contributed by atoms with Crippen molar-refractivity contribution in [3.8, 4) is 11.4 Å². The number of pyridine rings is 1. The van der Waals surface area contributed by atoms with Gasteiger partial charge in [0.15, 0.2) is 5.58 Å². The molecule has 130 valence electrons. The van der Waals surface area contributed by atoms with Gasteiger partial charge in [-0.15, -0.1) is 0 Å². The maximum atomic E-state index is 12.7. The molecule has 0 radical (unpaired) electrons. The second kappa shape index (κ2) is 5.98. The smallest absolute Gasteiger partial charge is 0.253 e. The summed E-state index contributed by atoms with van der Waals surface area (Å²) in [6.45, 7) is 1.67. The normalized spacial score (nSPS) is 15.0. The van der Waals surface area contributed by atoms with Gasteiger partial charge in [-0.2, -0.15) is 0 Å². The first-order chi connectivity index (χ1) is 12.8. The summed E-state index contributed by atoms with van der Waals surface area (Å²) >= 11 is 0. The molecule has 4 heterocycles. The molecule has 26 heavy (non-hydrogen) atoms. The van der Waals surface area contributed by atoms with Crippen molar-refractivity contribution in [2.24, 2.45) is 0 Å². The summed E-state index contributed by atoms with van der Waals surface area (Å²) in [5, 5.41) is 5.12. The van der Waals surface area contributed by atoms with E-state index in [-0.39, 0.29) is 5.91 Å². The summed E-state index contributed by atoms with van der Waals surface area (Å²) in [5.74, 6) is 0.0688. The van der Waals surface area contributed by atoms with Gasteiger partial charge in [-0.1, -0.05) is 11.2 Å². The van der Waals surface area contributed by atoms with Crippen molar-refractivity contribution in [3.05, 3.63) is 54.4 Å². The fourth-order valence-corrected chi connectivity index (χ4v) is 3.64. The van der Waals surface area contributed by atoms with Crippen molar-refractivity contribution in [3.63, 3.8) is 0 Å². The molecule has 0 saturated carbocycles. The zero-order valence-corrected chi connectivity index (χ0v) is 14.3. The molecular formula is C20H18N4O2. The average molecular weight is 346 g/mol. The van der Waals surface area contributed by atoms with E-state index in [1.54, 1.807) is 12.3 Å². The van der Waals surface area contributed by atoms with Crippen molar-refractivity contribution >= 4 is 22.5 Å². The number of carbonyl (C=O) groups is 1. The van der Waals surface area contributed by atoms with Crippen LogP contribution in [-0.4, -0.2) is 38.4 Å². The molecule has 4 aromatic rings. The molecule has 1 fully saturated rings. The third kappa shape index (κ3) is 2.37. The minimum absolute atomic E-state index is 0.0688. The molecule has 1 saturated heterocycles. The highest BCUT2D eigenvalue weighted by Crippen LogP contribution is 2.29. The SMILES string of the molecule is O=C(c1ccc2c(-c3cnc4ccccn34)noc2c1)N1CCCCC1. The summed E-state index contributed by atoms with van der Waals surface area (Å²) in [7, 11) is 0. The number of benzene rings is 1. The second-order valence-electron chi connectivity index (χ2n) is 6.67. The van der Waals surface area contributed by atoms with E-state index < -0.39 is 0 Å². The summed E-state index contributed by atoms with van der Waals surface area (Å²) in [5.41, 5.74) is 3.73. The number of carbonyl (C=O) groups excluding carboxylic acids is 1. The van der Waals surface area contributed by atoms with Crippen molar-refractivity contribution in [1.82, 2.24) is 19.4 Å². The Hall–Kier alpha value is -3.15. The molecule has 1 aromatic carbocycles. The van der Waals surface area contributed by atoms with Gasteiger partial charge in [0.1, 0.15) is 11.3 Å². The number of aromatic nitrogens is 3. The molecule has 5 rings (SSSR count). The van der Waals surface area contributed by atoms with E-state index >= 15 is 0 Å². The van der Waals surface area contributed by atoms with E-state index in [0.717, 1.165) is 48.4 Å². The minimum atomic E-state index is 0.0688. The van der Waals surface area contributed by atoms with Crippen LogP contribution in [0.3, 0.4) is 0 Å². The van der Waals surface area contributed by atoms with Crippen LogP contribution in [0.15, 0.2) is 53.3 Å². The number of rotatable bonds is 2. The Labute approximate surface area is 150 Å². The number of hydrogen-bond acceptors (Lipinski definition) is 4. The van der Waals surface area contributed by atoms with Gasteiger partial charge in [-0.3, -0.25) is 9.20 Å². The molecular weight excluding hydrogens is 328 g/mol. The third-order valence-corrected chi connectivity index (χ3v) is 5.02. The predicted octanol–water partition coefficient (Wildman–Crippen LogP) is 3.77. The number of nitrogens with zero attached hydrogens (tertiary/aromatic N) is 4. The first kappa shape index (κ1) is 15.1. The van der Waals surface area contributed by atoms with E-state index in [1.807, 2.05) is 45.8 Å². The lowest BCUT2D eigenvalue weighted by Crippen LogP contribution is -2.35. The fourth-order valence-electron chi connectivity index (χ4n) is 3.64. The molecule has 1 amide bonds. The first-order valence-corrected chi connectivity index (χ1v) is 8.92. The lowest BCUT2D eigenvalue weighted by molar-refractivity contribution is 0.0724.